The Labute approximate surface area is 121 Å². The van der Waals surface area contributed by atoms with Crippen LogP contribution in [0, 0.1) is 0 Å². The van der Waals surface area contributed by atoms with Crippen molar-refractivity contribution in [3.05, 3.63) is 23.8 Å². The van der Waals surface area contributed by atoms with Crippen LogP contribution in [0.25, 0.3) is 0 Å². The van der Waals surface area contributed by atoms with E-state index in [0.717, 1.165) is 0 Å². The van der Waals surface area contributed by atoms with E-state index in [0.29, 0.717) is 6.54 Å². The number of amides is 3. The Balaban J connectivity index is 2.69. The smallest absolute Gasteiger partial charge is 0.335 e. The van der Waals surface area contributed by atoms with Gasteiger partial charge in [-0.3, -0.25) is 10.1 Å². The third kappa shape index (κ3) is 5.01. The molecule has 1 aromatic rings. The number of methoxy groups -OCH3 is 1. The molecule has 3 amide bonds. The molecule has 0 bridgehead atoms. The highest BCUT2D eigenvalue weighted by atomic mass is 16.5. The van der Waals surface area contributed by atoms with Crippen LogP contribution >= 0.6 is 0 Å². The van der Waals surface area contributed by atoms with Crippen molar-refractivity contribution in [3.63, 3.8) is 0 Å². The maximum Gasteiger partial charge on any atom is 0.335 e. The maximum absolute atomic E-state index is 11.5. The summed E-state index contributed by atoms with van der Waals surface area (Å²) in [6.45, 7) is 1.65. The van der Waals surface area contributed by atoms with Crippen molar-refractivity contribution in [1.82, 2.24) is 10.6 Å². The lowest BCUT2D eigenvalue weighted by Crippen LogP contribution is -2.41. The summed E-state index contributed by atoms with van der Waals surface area (Å²) in [7, 11) is 1.39. The molecule has 0 spiro atoms. The minimum atomic E-state index is -1.13. The Bertz CT molecular complexity index is 543. The molecule has 0 saturated carbocycles. The van der Waals surface area contributed by atoms with Gasteiger partial charge in [-0.05, 0) is 25.1 Å². The van der Waals surface area contributed by atoms with Crippen molar-refractivity contribution in [3.8, 4) is 11.5 Å². The molecule has 0 saturated heterocycles. The Kier molecular flexibility index (Phi) is 5.99. The fourth-order valence-corrected chi connectivity index (χ4v) is 1.43. The number of rotatable bonds is 6. The highest BCUT2D eigenvalue weighted by Gasteiger charge is 2.13. The van der Waals surface area contributed by atoms with Crippen LogP contribution < -0.4 is 20.1 Å². The topological polar surface area (TPSA) is 114 Å². The highest BCUT2D eigenvalue weighted by molar-refractivity contribution is 5.95. The lowest BCUT2D eigenvalue weighted by atomic mass is 10.2. The first-order valence-corrected chi connectivity index (χ1v) is 6.09. The van der Waals surface area contributed by atoms with Gasteiger partial charge in [-0.1, -0.05) is 0 Å². The predicted octanol–water partition coefficient (Wildman–Crippen LogP) is 0.618. The fourth-order valence-electron chi connectivity index (χ4n) is 1.43. The zero-order valence-corrected chi connectivity index (χ0v) is 11.6. The third-order valence-corrected chi connectivity index (χ3v) is 2.36. The first kappa shape index (κ1) is 16.3. The molecule has 0 aliphatic rings. The maximum atomic E-state index is 11.5. The first-order chi connectivity index (χ1) is 9.97. The van der Waals surface area contributed by atoms with Gasteiger partial charge in [0.2, 0.25) is 0 Å². The number of carbonyl (C=O) groups excluding carboxylic acids is 2. The average molecular weight is 296 g/mol. The molecule has 0 aliphatic heterocycles. The normalized spacial score (nSPS) is 9.62. The lowest BCUT2D eigenvalue weighted by Gasteiger charge is -2.11. The summed E-state index contributed by atoms with van der Waals surface area (Å²) < 4.78 is 10.2. The number of urea groups is 1. The van der Waals surface area contributed by atoms with Crippen LogP contribution in [0.15, 0.2) is 18.2 Å². The molecule has 0 heterocycles. The number of hydrogen-bond acceptors (Lipinski definition) is 5. The van der Waals surface area contributed by atoms with Crippen molar-refractivity contribution in [2.24, 2.45) is 0 Å². The molecule has 0 fully saturated rings. The second-order valence-electron chi connectivity index (χ2n) is 3.87. The van der Waals surface area contributed by atoms with Crippen LogP contribution in [0.4, 0.5) is 4.79 Å². The van der Waals surface area contributed by atoms with Crippen LogP contribution in [0.5, 0.6) is 11.5 Å². The number of nitrogens with one attached hydrogen (secondary N) is 2. The molecule has 0 radical (unpaired) electrons. The predicted molar refractivity (Wildman–Crippen MR) is 72.7 cm³/mol. The van der Waals surface area contributed by atoms with Crippen LogP contribution in [-0.4, -0.2) is 43.3 Å². The van der Waals surface area contributed by atoms with Crippen LogP contribution in [0.3, 0.4) is 0 Å². The Morgan fingerprint density at radius 2 is 1.95 bits per heavy atom. The number of hydrogen-bond donors (Lipinski definition) is 3. The summed E-state index contributed by atoms with van der Waals surface area (Å²) in [5.41, 5.74) is -0.00469. The average Bonchev–Trinajstić information content (AvgIpc) is 2.44. The lowest BCUT2D eigenvalue weighted by molar-refractivity contribution is -0.122. The van der Waals surface area contributed by atoms with Gasteiger partial charge in [0.25, 0.3) is 5.91 Å². The summed E-state index contributed by atoms with van der Waals surface area (Å²) in [6.07, 6.45) is 0. The van der Waals surface area contributed by atoms with Gasteiger partial charge >= 0.3 is 12.0 Å². The number of aromatic carboxylic acids is 1. The van der Waals surface area contributed by atoms with Crippen LogP contribution in [0.2, 0.25) is 0 Å². The first-order valence-electron chi connectivity index (χ1n) is 6.09. The zero-order valence-electron chi connectivity index (χ0n) is 11.6. The molecule has 0 unspecified atom stereocenters. The quantitative estimate of drug-likeness (QED) is 0.709. The van der Waals surface area contributed by atoms with Crippen molar-refractivity contribution in [2.45, 2.75) is 6.92 Å². The number of carbonyl (C=O) groups is 3. The van der Waals surface area contributed by atoms with E-state index in [4.69, 9.17) is 14.6 Å². The van der Waals surface area contributed by atoms with E-state index >= 15 is 0 Å². The van der Waals surface area contributed by atoms with E-state index in [9.17, 15) is 14.4 Å². The molecule has 0 aromatic heterocycles. The number of benzene rings is 1. The van der Waals surface area contributed by atoms with Gasteiger partial charge in [0.15, 0.2) is 18.1 Å². The Morgan fingerprint density at radius 3 is 2.52 bits per heavy atom. The largest absolute Gasteiger partial charge is 0.493 e. The number of ether oxygens (including phenoxy) is 2. The minimum absolute atomic E-state index is 0.00469. The van der Waals surface area contributed by atoms with Gasteiger partial charge in [-0.25, -0.2) is 9.59 Å². The van der Waals surface area contributed by atoms with E-state index in [1.807, 2.05) is 0 Å². The van der Waals surface area contributed by atoms with E-state index in [1.165, 1.54) is 25.3 Å². The van der Waals surface area contributed by atoms with Crippen molar-refractivity contribution in [1.29, 1.82) is 0 Å². The summed E-state index contributed by atoms with van der Waals surface area (Å²) in [5.74, 6) is -1.41. The van der Waals surface area contributed by atoms with Crippen molar-refractivity contribution in [2.75, 3.05) is 20.3 Å². The molecule has 1 aromatic carbocycles. The van der Waals surface area contributed by atoms with Gasteiger partial charge in [0, 0.05) is 6.54 Å². The molecule has 8 heteroatoms. The van der Waals surface area contributed by atoms with Crippen molar-refractivity contribution < 1.29 is 29.0 Å². The molecule has 1 rings (SSSR count). The van der Waals surface area contributed by atoms with Gasteiger partial charge in [0.1, 0.15) is 0 Å². The molecule has 114 valence electrons. The SMILES string of the molecule is CCNC(=O)NC(=O)COc1cc(C(=O)O)ccc1OC. The van der Waals surface area contributed by atoms with Gasteiger partial charge in [0.05, 0.1) is 12.7 Å². The van der Waals surface area contributed by atoms with E-state index in [-0.39, 0.29) is 17.1 Å². The van der Waals surface area contributed by atoms with Gasteiger partial charge < -0.3 is 19.9 Å². The number of carboxylic acids is 1. The summed E-state index contributed by atoms with van der Waals surface area (Å²) in [6, 6.07) is 3.38. The number of carboxylic acid groups (broad SMARTS) is 1. The molecular formula is C13H16N2O6. The zero-order chi connectivity index (χ0) is 15.8. The van der Waals surface area contributed by atoms with Crippen molar-refractivity contribution >= 4 is 17.9 Å². The fraction of sp³-hybridized carbons (Fsp3) is 0.308. The van der Waals surface area contributed by atoms with Crippen LogP contribution in [-0.2, 0) is 4.79 Å². The highest BCUT2D eigenvalue weighted by Crippen LogP contribution is 2.27. The monoisotopic (exact) mass is 296 g/mol. The van der Waals surface area contributed by atoms with E-state index in [2.05, 4.69) is 10.6 Å². The molecule has 0 atom stereocenters. The number of imide groups is 1. The second kappa shape index (κ2) is 7.73. The minimum Gasteiger partial charge on any atom is -0.493 e. The summed E-state index contributed by atoms with van der Waals surface area (Å²) in [4.78, 5) is 33.5. The van der Waals surface area contributed by atoms with Crippen LogP contribution in [0.1, 0.15) is 17.3 Å². The van der Waals surface area contributed by atoms with E-state index < -0.39 is 24.5 Å². The molecule has 0 aliphatic carbocycles. The molecule has 3 N–H and O–H groups in total. The second-order valence-corrected chi connectivity index (χ2v) is 3.87. The molecular weight excluding hydrogens is 280 g/mol. The third-order valence-electron chi connectivity index (χ3n) is 2.36. The molecule has 21 heavy (non-hydrogen) atoms. The molecule has 8 nitrogen and oxygen atoms in total. The Hall–Kier alpha value is -2.77. The van der Waals surface area contributed by atoms with Gasteiger partial charge in [-0.15, -0.1) is 0 Å². The van der Waals surface area contributed by atoms with Gasteiger partial charge in [-0.2, -0.15) is 0 Å². The standard InChI is InChI=1S/C13H16N2O6/c1-3-14-13(19)15-11(16)7-21-10-6-8(12(17)18)4-5-9(10)20-2/h4-6H,3,7H2,1-2H3,(H,17,18)(H2,14,15,16,19). The van der Waals surface area contributed by atoms with E-state index in [1.54, 1.807) is 6.92 Å². The summed E-state index contributed by atoms with van der Waals surface area (Å²) >= 11 is 0. The summed E-state index contributed by atoms with van der Waals surface area (Å²) in [5, 5.41) is 13.3. The Morgan fingerprint density at radius 1 is 1.24 bits per heavy atom.